The highest BCUT2D eigenvalue weighted by Crippen LogP contribution is 2.42. The summed E-state index contributed by atoms with van der Waals surface area (Å²) in [4.78, 5) is 19.2. The molecular weight excluding hydrogens is 387 g/mol. The number of halogens is 5. The second kappa shape index (κ2) is 8.24. The molecule has 0 radical (unpaired) electrons. The van der Waals surface area contributed by atoms with Gasteiger partial charge in [0, 0.05) is 12.0 Å². The molecule has 1 aromatic heterocycles. The molecule has 0 bridgehead atoms. The van der Waals surface area contributed by atoms with Crippen LogP contribution in [0.2, 0.25) is 0 Å². The minimum atomic E-state index is -5.08. The summed E-state index contributed by atoms with van der Waals surface area (Å²) < 4.78 is 77.6. The SMILES string of the molecule is C=C1CCOC1=Nc1c(C(F)(F)F)nc(C(F)F)c(C(=O)OC)c1CC(C)C. The van der Waals surface area contributed by atoms with Gasteiger partial charge in [0.25, 0.3) is 6.43 Å². The van der Waals surface area contributed by atoms with Gasteiger partial charge in [-0.1, -0.05) is 20.4 Å². The molecule has 2 rings (SSSR count). The van der Waals surface area contributed by atoms with Crippen LogP contribution in [-0.2, 0) is 22.1 Å². The molecule has 154 valence electrons. The van der Waals surface area contributed by atoms with Crippen molar-refractivity contribution >= 4 is 17.6 Å². The van der Waals surface area contributed by atoms with Crippen LogP contribution in [0, 0.1) is 5.92 Å². The molecule has 0 atom stereocenters. The van der Waals surface area contributed by atoms with E-state index in [-0.39, 0.29) is 30.4 Å². The first-order chi connectivity index (χ1) is 13.0. The van der Waals surface area contributed by atoms with E-state index in [4.69, 9.17) is 4.74 Å². The van der Waals surface area contributed by atoms with E-state index in [1.165, 1.54) is 0 Å². The summed E-state index contributed by atoms with van der Waals surface area (Å²) in [7, 11) is 0.946. The van der Waals surface area contributed by atoms with Gasteiger partial charge in [-0.2, -0.15) is 13.2 Å². The molecule has 1 saturated heterocycles. The third-order valence-corrected chi connectivity index (χ3v) is 3.94. The monoisotopic (exact) mass is 406 g/mol. The average molecular weight is 406 g/mol. The lowest BCUT2D eigenvalue weighted by Crippen LogP contribution is -2.20. The van der Waals surface area contributed by atoms with E-state index in [9.17, 15) is 26.7 Å². The molecule has 0 aromatic carbocycles. The Bertz CT molecular complexity index is 816. The van der Waals surface area contributed by atoms with Crippen molar-refractivity contribution in [3.8, 4) is 0 Å². The van der Waals surface area contributed by atoms with Crippen molar-refractivity contribution in [3.63, 3.8) is 0 Å². The number of carbonyl (C=O) groups excluding carboxylic acids is 1. The van der Waals surface area contributed by atoms with Crippen molar-refractivity contribution in [2.24, 2.45) is 10.9 Å². The van der Waals surface area contributed by atoms with E-state index >= 15 is 0 Å². The van der Waals surface area contributed by atoms with Gasteiger partial charge in [0.2, 0.25) is 5.90 Å². The second-order valence-corrected chi connectivity index (χ2v) is 6.55. The fourth-order valence-corrected chi connectivity index (χ4v) is 2.75. The van der Waals surface area contributed by atoms with Crippen LogP contribution >= 0.6 is 0 Å². The fourth-order valence-electron chi connectivity index (χ4n) is 2.75. The lowest BCUT2D eigenvalue weighted by molar-refractivity contribution is -0.140. The predicted octanol–water partition coefficient (Wildman–Crippen LogP) is 5.03. The van der Waals surface area contributed by atoms with Gasteiger partial charge < -0.3 is 9.47 Å². The highest BCUT2D eigenvalue weighted by molar-refractivity contribution is 5.98. The van der Waals surface area contributed by atoms with Crippen LogP contribution in [0.15, 0.2) is 17.1 Å². The minimum Gasteiger partial charge on any atom is -0.477 e. The van der Waals surface area contributed by atoms with Crippen LogP contribution in [-0.4, -0.2) is 30.6 Å². The maximum Gasteiger partial charge on any atom is 0.435 e. The Morgan fingerprint density at radius 3 is 2.43 bits per heavy atom. The Kier molecular flexibility index (Phi) is 6.41. The third-order valence-electron chi connectivity index (χ3n) is 3.94. The van der Waals surface area contributed by atoms with Gasteiger partial charge in [-0.15, -0.1) is 0 Å². The van der Waals surface area contributed by atoms with Gasteiger partial charge in [-0.05, 0) is 17.9 Å². The summed E-state index contributed by atoms with van der Waals surface area (Å²) in [6.07, 6.45) is -8.26. The topological polar surface area (TPSA) is 60.8 Å². The van der Waals surface area contributed by atoms with Gasteiger partial charge >= 0.3 is 12.1 Å². The molecule has 5 nitrogen and oxygen atoms in total. The molecule has 0 unspecified atom stereocenters. The zero-order valence-corrected chi connectivity index (χ0v) is 15.5. The summed E-state index contributed by atoms with van der Waals surface area (Å²) in [5, 5.41) is 0. The molecule has 2 heterocycles. The van der Waals surface area contributed by atoms with E-state index in [1.807, 2.05) is 0 Å². The molecule has 28 heavy (non-hydrogen) atoms. The van der Waals surface area contributed by atoms with Crippen LogP contribution in [0.5, 0.6) is 0 Å². The first kappa shape index (κ1) is 21.8. The lowest BCUT2D eigenvalue weighted by Gasteiger charge is -2.20. The van der Waals surface area contributed by atoms with Crippen molar-refractivity contribution in [2.75, 3.05) is 13.7 Å². The van der Waals surface area contributed by atoms with Gasteiger partial charge in [-0.25, -0.2) is 23.6 Å². The number of rotatable bonds is 5. The first-order valence-corrected chi connectivity index (χ1v) is 8.37. The van der Waals surface area contributed by atoms with Crippen molar-refractivity contribution in [1.82, 2.24) is 4.98 Å². The Balaban J connectivity index is 2.95. The Morgan fingerprint density at radius 1 is 1.36 bits per heavy atom. The van der Waals surface area contributed by atoms with Crippen LogP contribution in [0.4, 0.5) is 27.6 Å². The van der Waals surface area contributed by atoms with E-state index in [1.54, 1.807) is 13.8 Å². The van der Waals surface area contributed by atoms with E-state index < -0.39 is 41.2 Å². The fraction of sp³-hybridized carbons (Fsp3) is 0.500. The summed E-state index contributed by atoms with van der Waals surface area (Å²) in [6.45, 7) is 7.18. The first-order valence-electron chi connectivity index (χ1n) is 8.37. The Labute approximate surface area is 158 Å². The lowest BCUT2D eigenvalue weighted by atomic mass is 9.94. The smallest absolute Gasteiger partial charge is 0.435 e. The molecule has 1 fully saturated rings. The highest BCUT2D eigenvalue weighted by Gasteiger charge is 2.41. The van der Waals surface area contributed by atoms with Crippen LogP contribution in [0.1, 0.15) is 54.0 Å². The normalized spacial score (nSPS) is 16.2. The number of ether oxygens (including phenoxy) is 2. The summed E-state index contributed by atoms with van der Waals surface area (Å²) in [5.74, 6) is -1.62. The number of aromatic nitrogens is 1. The molecule has 10 heteroatoms. The van der Waals surface area contributed by atoms with Crippen LogP contribution in [0.3, 0.4) is 0 Å². The summed E-state index contributed by atoms with van der Waals surface area (Å²) in [6, 6.07) is 0. The standard InChI is InChI=1S/C18H19F5N2O3/c1-8(2)7-10-11(17(26)27-4)13(15(19)20)24-14(18(21,22)23)12(10)25-16-9(3)5-6-28-16/h8,15H,3,5-7H2,1-2,4H3. The number of pyridine rings is 1. The number of carbonyl (C=O) groups is 1. The van der Waals surface area contributed by atoms with Crippen LogP contribution < -0.4 is 0 Å². The van der Waals surface area contributed by atoms with E-state index in [0.717, 1.165) is 7.11 Å². The highest BCUT2D eigenvalue weighted by atomic mass is 19.4. The number of hydrogen-bond donors (Lipinski definition) is 0. The Hall–Kier alpha value is -2.52. The Morgan fingerprint density at radius 2 is 2.00 bits per heavy atom. The van der Waals surface area contributed by atoms with E-state index in [2.05, 4.69) is 21.3 Å². The third kappa shape index (κ3) is 4.48. The number of esters is 1. The minimum absolute atomic E-state index is 0.131. The molecule has 0 amide bonds. The molecule has 1 aliphatic rings. The number of hydrogen-bond acceptors (Lipinski definition) is 5. The molecule has 0 spiro atoms. The number of aliphatic imine (C=N–C) groups is 1. The van der Waals surface area contributed by atoms with E-state index in [0.29, 0.717) is 12.0 Å². The largest absolute Gasteiger partial charge is 0.477 e. The molecule has 0 N–H and O–H groups in total. The number of methoxy groups -OCH3 is 1. The van der Waals surface area contributed by atoms with Crippen molar-refractivity contribution in [1.29, 1.82) is 0 Å². The van der Waals surface area contributed by atoms with Crippen molar-refractivity contribution in [3.05, 3.63) is 34.7 Å². The van der Waals surface area contributed by atoms with Gasteiger partial charge in [-0.3, -0.25) is 0 Å². The average Bonchev–Trinajstić information content (AvgIpc) is 2.98. The molecule has 1 aliphatic heterocycles. The van der Waals surface area contributed by atoms with Gasteiger partial charge in [0.1, 0.15) is 11.4 Å². The molecule has 0 aliphatic carbocycles. The maximum atomic E-state index is 13.6. The van der Waals surface area contributed by atoms with Crippen molar-refractivity contribution < 1.29 is 36.2 Å². The van der Waals surface area contributed by atoms with Crippen molar-refractivity contribution in [2.45, 2.75) is 39.3 Å². The summed E-state index contributed by atoms with van der Waals surface area (Å²) >= 11 is 0. The number of alkyl halides is 5. The quantitative estimate of drug-likeness (QED) is 0.508. The van der Waals surface area contributed by atoms with Gasteiger partial charge in [0.05, 0.1) is 19.3 Å². The predicted molar refractivity (Wildman–Crippen MR) is 90.9 cm³/mol. The molecular formula is C18H19F5N2O3. The van der Waals surface area contributed by atoms with Gasteiger partial charge in [0.15, 0.2) is 5.69 Å². The number of nitrogens with zero attached hydrogens (tertiary/aromatic N) is 2. The molecule has 1 aromatic rings. The maximum absolute atomic E-state index is 13.6. The zero-order chi connectivity index (χ0) is 21.2. The summed E-state index contributed by atoms with van der Waals surface area (Å²) in [5.41, 5.74) is -4.28. The zero-order valence-electron chi connectivity index (χ0n) is 15.5. The van der Waals surface area contributed by atoms with Crippen LogP contribution in [0.25, 0.3) is 0 Å². The molecule has 0 saturated carbocycles. The second-order valence-electron chi connectivity index (χ2n) is 6.55.